The van der Waals surface area contributed by atoms with Crippen LogP contribution in [0.2, 0.25) is 0 Å². The van der Waals surface area contributed by atoms with Crippen molar-refractivity contribution in [2.75, 3.05) is 6.26 Å². The number of hydrogen-bond donors (Lipinski definition) is 0. The van der Waals surface area contributed by atoms with Crippen LogP contribution in [0, 0.1) is 0 Å². The molecule has 8 heteroatoms. The first-order valence-corrected chi connectivity index (χ1v) is 9.04. The van der Waals surface area contributed by atoms with Gasteiger partial charge in [0.2, 0.25) is 5.82 Å². The van der Waals surface area contributed by atoms with Gasteiger partial charge < -0.3 is 9.26 Å². The van der Waals surface area contributed by atoms with Gasteiger partial charge in [0.25, 0.3) is 5.89 Å². The second-order valence-electron chi connectivity index (χ2n) is 4.54. The molecule has 1 unspecified atom stereocenters. The maximum atomic E-state index is 11.9. The minimum atomic E-state index is -1.08. The Morgan fingerprint density at radius 2 is 2.09 bits per heavy atom. The van der Waals surface area contributed by atoms with E-state index in [0.717, 1.165) is 4.88 Å². The Morgan fingerprint density at radius 1 is 1.30 bits per heavy atom. The van der Waals surface area contributed by atoms with Crippen molar-refractivity contribution in [3.05, 3.63) is 53.2 Å². The molecule has 3 rings (SSSR count). The van der Waals surface area contributed by atoms with Crippen LogP contribution in [0.5, 0.6) is 0 Å². The van der Waals surface area contributed by atoms with Gasteiger partial charge in [-0.3, -0.25) is 4.21 Å². The molecule has 2 aromatic heterocycles. The summed E-state index contributed by atoms with van der Waals surface area (Å²) in [5, 5.41) is 5.75. The fourth-order valence-electron chi connectivity index (χ4n) is 1.81. The van der Waals surface area contributed by atoms with E-state index in [1.807, 2.05) is 17.5 Å². The van der Waals surface area contributed by atoms with Gasteiger partial charge in [-0.05, 0) is 35.7 Å². The van der Waals surface area contributed by atoms with Crippen LogP contribution in [0.15, 0.2) is 51.2 Å². The number of hydrogen-bond acceptors (Lipinski definition) is 7. The monoisotopic (exact) mass is 348 g/mol. The summed E-state index contributed by atoms with van der Waals surface area (Å²) in [5.74, 6) is 0.197. The lowest BCUT2D eigenvalue weighted by molar-refractivity contribution is 0.0429. The summed E-state index contributed by atoms with van der Waals surface area (Å²) in [5.41, 5.74) is 0.372. The number of esters is 1. The highest BCUT2D eigenvalue weighted by Gasteiger charge is 2.13. The van der Waals surface area contributed by atoms with Crippen LogP contribution < -0.4 is 0 Å². The topological polar surface area (TPSA) is 82.3 Å². The van der Waals surface area contributed by atoms with Crippen LogP contribution in [0.3, 0.4) is 0 Å². The molecule has 0 N–H and O–H groups in total. The summed E-state index contributed by atoms with van der Waals surface area (Å²) in [6.45, 7) is -0.0985. The van der Waals surface area contributed by atoms with E-state index < -0.39 is 16.8 Å². The molecule has 6 nitrogen and oxygen atoms in total. The molecule has 0 fully saturated rings. The molecule has 1 atom stereocenters. The predicted molar refractivity (Wildman–Crippen MR) is 85.5 cm³/mol. The average molecular weight is 348 g/mol. The van der Waals surface area contributed by atoms with Gasteiger partial charge in [-0.1, -0.05) is 11.2 Å². The maximum Gasteiger partial charge on any atom is 0.338 e. The summed E-state index contributed by atoms with van der Waals surface area (Å²) in [6, 6.07) is 10.2. The second kappa shape index (κ2) is 6.84. The lowest BCUT2D eigenvalue weighted by Crippen LogP contribution is -2.05. The van der Waals surface area contributed by atoms with Crippen molar-refractivity contribution in [1.82, 2.24) is 10.1 Å². The zero-order valence-electron chi connectivity index (χ0n) is 12.1. The normalized spacial score (nSPS) is 12.0. The number of carbonyl (C=O) groups is 1. The molecule has 0 radical (unpaired) electrons. The summed E-state index contributed by atoms with van der Waals surface area (Å²) in [7, 11) is -1.08. The molecule has 0 amide bonds. The van der Waals surface area contributed by atoms with Crippen LogP contribution in [0.1, 0.15) is 16.2 Å². The number of nitrogens with zero attached hydrogens (tertiary/aromatic N) is 2. The Labute approximate surface area is 138 Å². The van der Waals surface area contributed by atoms with Crippen LogP contribution in [-0.2, 0) is 22.1 Å². The Morgan fingerprint density at radius 3 is 2.74 bits per heavy atom. The Balaban J connectivity index is 1.61. The first-order chi connectivity index (χ1) is 11.1. The van der Waals surface area contributed by atoms with Gasteiger partial charge >= 0.3 is 5.97 Å². The number of ether oxygens (including phenoxy) is 1. The first kappa shape index (κ1) is 15.6. The predicted octanol–water partition coefficient (Wildman–Crippen LogP) is 2.89. The quantitative estimate of drug-likeness (QED) is 0.659. The molecule has 118 valence electrons. The van der Waals surface area contributed by atoms with Crippen molar-refractivity contribution < 1.29 is 18.3 Å². The van der Waals surface area contributed by atoms with Crippen molar-refractivity contribution in [3.8, 4) is 10.7 Å². The minimum absolute atomic E-state index is 0.0985. The molecule has 0 spiro atoms. The first-order valence-electron chi connectivity index (χ1n) is 6.60. The van der Waals surface area contributed by atoms with E-state index >= 15 is 0 Å². The van der Waals surface area contributed by atoms with Gasteiger partial charge in [-0.2, -0.15) is 4.98 Å². The third kappa shape index (κ3) is 3.72. The van der Waals surface area contributed by atoms with Crippen LogP contribution in [-0.4, -0.2) is 26.6 Å². The van der Waals surface area contributed by atoms with E-state index in [2.05, 4.69) is 10.1 Å². The van der Waals surface area contributed by atoms with E-state index in [0.29, 0.717) is 16.3 Å². The molecule has 0 bridgehead atoms. The highest BCUT2D eigenvalue weighted by Crippen LogP contribution is 2.21. The van der Waals surface area contributed by atoms with Crippen LogP contribution in [0.25, 0.3) is 10.7 Å². The van der Waals surface area contributed by atoms with Gasteiger partial charge in [0.1, 0.15) is 0 Å². The fourth-order valence-corrected chi connectivity index (χ4v) is 2.98. The van der Waals surface area contributed by atoms with Crippen molar-refractivity contribution in [2.24, 2.45) is 0 Å². The Kier molecular flexibility index (Phi) is 4.63. The largest absolute Gasteiger partial charge is 0.452 e. The van der Waals surface area contributed by atoms with E-state index in [1.54, 1.807) is 30.5 Å². The summed E-state index contributed by atoms with van der Waals surface area (Å²) < 4.78 is 21.5. The number of carbonyl (C=O) groups excluding carboxylic acids is 1. The van der Waals surface area contributed by atoms with Gasteiger partial charge in [-0.15, -0.1) is 11.3 Å². The van der Waals surface area contributed by atoms with E-state index in [9.17, 15) is 9.00 Å². The molecule has 23 heavy (non-hydrogen) atoms. The van der Waals surface area contributed by atoms with Gasteiger partial charge in [-0.25, -0.2) is 4.79 Å². The third-order valence-corrected chi connectivity index (χ3v) is 4.76. The van der Waals surface area contributed by atoms with E-state index in [1.165, 1.54) is 11.3 Å². The molecule has 0 saturated heterocycles. The summed E-state index contributed by atoms with van der Waals surface area (Å²) >= 11 is 1.50. The zero-order valence-corrected chi connectivity index (χ0v) is 13.7. The van der Waals surface area contributed by atoms with Crippen molar-refractivity contribution >= 4 is 28.1 Å². The van der Waals surface area contributed by atoms with Gasteiger partial charge in [0.05, 0.1) is 10.4 Å². The summed E-state index contributed by atoms with van der Waals surface area (Å²) in [6.07, 6.45) is 1.58. The lowest BCUT2D eigenvalue weighted by Gasteiger charge is -2.02. The van der Waals surface area contributed by atoms with E-state index in [-0.39, 0.29) is 12.5 Å². The van der Waals surface area contributed by atoms with Gasteiger partial charge in [0.15, 0.2) is 6.61 Å². The van der Waals surface area contributed by atoms with Crippen LogP contribution >= 0.6 is 11.3 Å². The smallest absolute Gasteiger partial charge is 0.338 e. The van der Waals surface area contributed by atoms with Crippen molar-refractivity contribution in [1.29, 1.82) is 0 Å². The van der Waals surface area contributed by atoms with Crippen LogP contribution in [0.4, 0.5) is 0 Å². The molecule has 3 aromatic rings. The lowest BCUT2D eigenvalue weighted by atomic mass is 10.2. The maximum absolute atomic E-state index is 11.9. The molecular formula is C15H12N2O4S2. The standard InChI is InChI=1S/C15H12N2O4S2/c1-23(19)11-6-4-10(5-7-11)15(18)20-9-13-16-14(17-21-13)12-3-2-8-22-12/h2-8H,9H2,1H3. The molecule has 0 aliphatic carbocycles. The molecule has 0 saturated carbocycles. The minimum Gasteiger partial charge on any atom is -0.452 e. The fraction of sp³-hybridized carbons (Fsp3) is 0.133. The summed E-state index contributed by atoms with van der Waals surface area (Å²) in [4.78, 5) is 17.7. The number of thiophene rings is 1. The Bertz CT molecular complexity index is 826. The number of benzene rings is 1. The average Bonchev–Trinajstić information content (AvgIpc) is 3.23. The van der Waals surface area contributed by atoms with E-state index in [4.69, 9.17) is 9.26 Å². The molecule has 1 aromatic carbocycles. The molecule has 2 heterocycles. The third-order valence-electron chi connectivity index (χ3n) is 2.96. The molecule has 0 aliphatic heterocycles. The van der Waals surface area contributed by atoms with Gasteiger partial charge in [0, 0.05) is 22.0 Å². The van der Waals surface area contributed by atoms with Crippen molar-refractivity contribution in [2.45, 2.75) is 11.5 Å². The second-order valence-corrected chi connectivity index (χ2v) is 6.87. The number of aromatic nitrogens is 2. The highest BCUT2D eigenvalue weighted by molar-refractivity contribution is 7.84. The number of rotatable bonds is 5. The molecule has 0 aliphatic rings. The van der Waals surface area contributed by atoms with Crippen molar-refractivity contribution in [3.63, 3.8) is 0 Å². The SMILES string of the molecule is CS(=O)c1ccc(C(=O)OCc2nc(-c3cccs3)no2)cc1. The highest BCUT2D eigenvalue weighted by atomic mass is 32.2. The zero-order chi connectivity index (χ0) is 16.2. The Hall–Kier alpha value is -2.32. The molecular weight excluding hydrogens is 336 g/mol.